The lowest BCUT2D eigenvalue weighted by Crippen LogP contribution is -2.35. The summed E-state index contributed by atoms with van der Waals surface area (Å²) < 4.78 is 13.4. The van der Waals surface area contributed by atoms with Gasteiger partial charge in [-0.3, -0.25) is 0 Å². The van der Waals surface area contributed by atoms with E-state index in [4.69, 9.17) is 9.47 Å². The minimum Gasteiger partial charge on any atom is -0.493 e. The van der Waals surface area contributed by atoms with Crippen LogP contribution in [0.3, 0.4) is 0 Å². The molecule has 0 atom stereocenters. The van der Waals surface area contributed by atoms with Crippen molar-refractivity contribution in [2.24, 2.45) is 0 Å². The first-order valence-corrected chi connectivity index (χ1v) is 13.0. The molecule has 0 aliphatic carbocycles. The molecule has 0 spiro atoms. The highest BCUT2D eigenvalue weighted by molar-refractivity contribution is 5.98. The molecule has 0 saturated carbocycles. The van der Waals surface area contributed by atoms with E-state index in [-0.39, 0.29) is 6.09 Å². The lowest BCUT2D eigenvalue weighted by molar-refractivity contribution is 0.0294. The number of rotatable bonds is 10. The van der Waals surface area contributed by atoms with Crippen molar-refractivity contribution in [3.8, 4) is 5.75 Å². The first-order chi connectivity index (χ1) is 18.2. The molecule has 3 aromatic carbocycles. The fraction of sp³-hybridized carbons (Fsp3) is 0.355. The molecule has 38 heavy (non-hydrogen) atoms. The quantitative estimate of drug-likeness (QED) is 0.236. The van der Waals surface area contributed by atoms with Crippen molar-refractivity contribution in [2.45, 2.75) is 52.2 Å². The highest BCUT2D eigenvalue weighted by Crippen LogP contribution is 2.29. The van der Waals surface area contributed by atoms with Crippen LogP contribution in [-0.2, 0) is 17.7 Å². The number of hydrogen-bond acceptors (Lipinski definition) is 4. The second kappa shape index (κ2) is 11.6. The third-order valence-electron chi connectivity index (χ3n) is 6.44. The summed E-state index contributed by atoms with van der Waals surface area (Å²) >= 11 is 0. The van der Waals surface area contributed by atoms with Crippen molar-refractivity contribution in [2.75, 3.05) is 20.2 Å². The number of carboxylic acids is 1. The number of hydrogen-bond donors (Lipinski definition) is 1. The van der Waals surface area contributed by atoms with Gasteiger partial charge in [0.2, 0.25) is 0 Å². The number of aryl methyl sites for hydroxylation is 2. The number of amides is 1. The Bertz CT molecular complexity index is 1430. The molecule has 0 unspecified atom stereocenters. The van der Waals surface area contributed by atoms with Gasteiger partial charge in [-0.2, -0.15) is 0 Å². The van der Waals surface area contributed by atoms with Crippen LogP contribution in [0.2, 0.25) is 0 Å². The van der Waals surface area contributed by atoms with Gasteiger partial charge in [-0.15, -0.1) is 0 Å². The molecule has 4 rings (SSSR count). The Balaban J connectivity index is 1.47. The van der Waals surface area contributed by atoms with Crippen LogP contribution in [0, 0.1) is 0 Å². The maximum Gasteiger partial charge on any atom is 0.410 e. The number of carbonyl (C=O) groups is 2. The molecule has 7 heteroatoms. The van der Waals surface area contributed by atoms with Gasteiger partial charge >= 0.3 is 12.1 Å². The molecule has 0 bridgehead atoms. The minimum absolute atomic E-state index is 0.302. The van der Waals surface area contributed by atoms with Gasteiger partial charge in [-0.25, -0.2) is 9.59 Å². The van der Waals surface area contributed by atoms with Crippen LogP contribution in [0.4, 0.5) is 4.79 Å². The van der Waals surface area contributed by atoms with Crippen LogP contribution in [-0.4, -0.2) is 52.4 Å². The number of fused-ring (bicyclic) bond motifs is 2. The van der Waals surface area contributed by atoms with E-state index in [0.717, 1.165) is 33.0 Å². The average Bonchev–Trinajstić information content (AvgIpc) is 3.19. The zero-order chi connectivity index (χ0) is 27.3. The molecule has 1 amide bonds. The van der Waals surface area contributed by atoms with Crippen molar-refractivity contribution in [1.82, 2.24) is 9.47 Å². The maximum atomic E-state index is 12.4. The lowest BCUT2D eigenvalue weighted by atomic mass is 10.1. The molecule has 1 heterocycles. The summed E-state index contributed by atoms with van der Waals surface area (Å²) in [5.74, 6) is -0.121. The number of aromatic nitrogens is 1. The Morgan fingerprint density at radius 3 is 2.34 bits per heavy atom. The van der Waals surface area contributed by atoms with Crippen molar-refractivity contribution in [3.63, 3.8) is 0 Å². The summed E-state index contributed by atoms with van der Waals surface area (Å²) in [6, 6.07) is 21.9. The minimum atomic E-state index is -0.952. The summed E-state index contributed by atoms with van der Waals surface area (Å²) in [6.45, 7) is 6.90. The Morgan fingerprint density at radius 2 is 1.61 bits per heavy atom. The number of nitrogens with zero attached hydrogens (tertiary/aromatic N) is 2. The predicted molar refractivity (Wildman–Crippen MR) is 150 cm³/mol. The second-order valence-corrected chi connectivity index (χ2v) is 10.5. The number of benzene rings is 3. The van der Waals surface area contributed by atoms with Gasteiger partial charge in [0, 0.05) is 36.4 Å². The number of carbonyl (C=O) groups excluding carboxylic acids is 1. The van der Waals surface area contributed by atoms with Gasteiger partial charge in [0.05, 0.1) is 6.61 Å². The average molecular weight is 517 g/mol. The number of aromatic carboxylic acids is 1. The Kier molecular flexibility index (Phi) is 8.25. The fourth-order valence-corrected chi connectivity index (χ4v) is 4.75. The molecule has 7 nitrogen and oxygen atoms in total. The first kappa shape index (κ1) is 27.0. The Hall–Kier alpha value is -4.00. The molecule has 0 radical (unpaired) electrons. The van der Waals surface area contributed by atoms with E-state index in [2.05, 4.69) is 12.1 Å². The predicted octanol–water partition coefficient (Wildman–Crippen LogP) is 6.76. The summed E-state index contributed by atoms with van der Waals surface area (Å²) in [5.41, 5.74) is 1.44. The molecule has 0 saturated heterocycles. The largest absolute Gasteiger partial charge is 0.493 e. The summed E-state index contributed by atoms with van der Waals surface area (Å²) in [5, 5.41) is 13.3. The number of carboxylic acid groups (broad SMARTS) is 1. The van der Waals surface area contributed by atoms with E-state index in [0.29, 0.717) is 44.7 Å². The molecule has 0 aliphatic rings. The summed E-state index contributed by atoms with van der Waals surface area (Å²) in [6.07, 6.45) is 1.47. The van der Waals surface area contributed by atoms with Crippen molar-refractivity contribution in [1.29, 1.82) is 0 Å². The second-order valence-electron chi connectivity index (χ2n) is 10.5. The van der Waals surface area contributed by atoms with Gasteiger partial charge in [-0.1, -0.05) is 54.6 Å². The van der Waals surface area contributed by atoms with E-state index in [1.807, 2.05) is 79.9 Å². The fourth-order valence-electron chi connectivity index (χ4n) is 4.75. The van der Waals surface area contributed by atoms with E-state index in [9.17, 15) is 14.7 Å². The van der Waals surface area contributed by atoms with Gasteiger partial charge in [0.25, 0.3) is 0 Å². The number of para-hydroxylation sites is 1. The van der Waals surface area contributed by atoms with Crippen LogP contribution >= 0.6 is 0 Å². The third kappa shape index (κ3) is 6.28. The third-order valence-corrected chi connectivity index (χ3v) is 6.44. The van der Waals surface area contributed by atoms with E-state index in [1.165, 1.54) is 4.90 Å². The highest BCUT2D eigenvalue weighted by atomic mass is 16.6. The van der Waals surface area contributed by atoms with E-state index in [1.54, 1.807) is 7.05 Å². The van der Waals surface area contributed by atoms with Crippen LogP contribution in [0.5, 0.6) is 5.75 Å². The van der Waals surface area contributed by atoms with Gasteiger partial charge in [-0.05, 0) is 63.1 Å². The van der Waals surface area contributed by atoms with Crippen LogP contribution in [0.1, 0.15) is 49.7 Å². The standard InChI is InChI=1S/C31H36N2O5/c1-31(2,3)38-30(36)32(4)19-11-20-33-26-17-8-7-15-24(26)25(28(33)29(34)35)16-10-21-37-27-18-9-13-22-12-5-6-14-23(22)27/h5-9,12-15,17-18H,10-11,16,19-21H2,1-4H3,(H,34,35). The van der Waals surface area contributed by atoms with Crippen LogP contribution in [0.15, 0.2) is 66.7 Å². The smallest absolute Gasteiger partial charge is 0.410 e. The monoisotopic (exact) mass is 516 g/mol. The first-order valence-electron chi connectivity index (χ1n) is 13.0. The van der Waals surface area contributed by atoms with Gasteiger partial charge in [0.15, 0.2) is 0 Å². The van der Waals surface area contributed by atoms with Gasteiger partial charge < -0.3 is 24.0 Å². The Labute approximate surface area is 223 Å². The maximum absolute atomic E-state index is 12.4. The lowest BCUT2D eigenvalue weighted by Gasteiger charge is -2.24. The van der Waals surface area contributed by atoms with Crippen LogP contribution < -0.4 is 4.74 Å². The Morgan fingerprint density at radius 1 is 0.921 bits per heavy atom. The van der Waals surface area contributed by atoms with Crippen molar-refractivity contribution in [3.05, 3.63) is 78.0 Å². The molecule has 1 N–H and O–H groups in total. The van der Waals surface area contributed by atoms with E-state index < -0.39 is 11.6 Å². The molecule has 0 aliphatic heterocycles. The summed E-state index contributed by atoms with van der Waals surface area (Å²) in [4.78, 5) is 26.3. The molecular weight excluding hydrogens is 480 g/mol. The molecular formula is C31H36N2O5. The molecule has 200 valence electrons. The normalized spacial score (nSPS) is 11.6. The number of ether oxygens (including phenoxy) is 2. The van der Waals surface area contributed by atoms with Crippen LogP contribution in [0.25, 0.3) is 21.7 Å². The van der Waals surface area contributed by atoms with E-state index >= 15 is 0 Å². The van der Waals surface area contributed by atoms with Crippen molar-refractivity contribution >= 4 is 33.7 Å². The zero-order valence-corrected chi connectivity index (χ0v) is 22.6. The zero-order valence-electron chi connectivity index (χ0n) is 22.6. The van der Waals surface area contributed by atoms with Gasteiger partial charge in [0.1, 0.15) is 17.0 Å². The SMILES string of the molecule is CN(CCCn1c(C(=O)O)c(CCCOc2cccc3ccccc23)c2ccccc21)C(=O)OC(C)(C)C. The highest BCUT2D eigenvalue weighted by Gasteiger charge is 2.23. The molecule has 4 aromatic rings. The summed E-state index contributed by atoms with van der Waals surface area (Å²) in [7, 11) is 1.70. The molecule has 0 fully saturated rings. The topological polar surface area (TPSA) is 81.0 Å². The molecule has 1 aromatic heterocycles. The van der Waals surface area contributed by atoms with Crippen molar-refractivity contribution < 1.29 is 24.2 Å².